The Bertz CT molecular complexity index is 1020. The zero-order chi connectivity index (χ0) is 19.5. The fraction of sp³-hybridized carbons (Fsp3) is 0.200. The van der Waals surface area contributed by atoms with Crippen molar-refractivity contribution in [2.75, 3.05) is 0 Å². The Balaban J connectivity index is 1.55. The van der Waals surface area contributed by atoms with Crippen molar-refractivity contribution in [1.29, 1.82) is 0 Å². The summed E-state index contributed by atoms with van der Waals surface area (Å²) in [5.41, 5.74) is 6.86. The van der Waals surface area contributed by atoms with Gasteiger partial charge in [-0.3, -0.25) is 4.99 Å². The summed E-state index contributed by atoms with van der Waals surface area (Å²) in [5.74, 6) is 0.349. The van der Waals surface area contributed by atoms with E-state index in [1.165, 1.54) is 22.3 Å². The molecule has 4 rings (SSSR count). The molecule has 2 nitrogen and oxygen atoms in total. The summed E-state index contributed by atoms with van der Waals surface area (Å²) >= 11 is 6.09. The molecule has 3 aromatic rings. The van der Waals surface area contributed by atoms with Gasteiger partial charge in [-0.05, 0) is 53.6 Å². The lowest BCUT2D eigenvalue weighted by atomic mass is 9.87. The number of hydrogen-bond donors (Lipinski definition) is 0. The maximum Gasteiger partial charge on any atom is 0.130 e. The number of hydrogen-bond acceptors (Lipinski definition) is 2. The Morgan fingerprint density at radius 2 is 1.71 bits per heavy atom. The third kappa shape index (κ3) is 4.23. The topological polar surface area (TPSA) is 29.4 Å². The minimum Gasteiger partial charge on any atom is -0.300 e. The number of fused-ring (bicyclic) bond motifs is 1. The van der Waals surface area contributed by atoms with Gasteiger partial charge in [-0.15, -0.1) is 0 Å². The number of carbonyl (C=O) groups is 1. The highest BCUT2D eigenvalue weighted by Gasteiger charge is 2.21. The van der Waals surface area contributed by atoms with E-state index in [1.54, 1.807) is 6.92 Å². The van der Waals surface area contributed by atoms with Crippen molar-refractivity contribution in [1.82, 2.24) is 0 Å². The monoisotopic (exact) mass is 387 g/mol. The fourth-order valence-corrected chi connectivity index (χ4v) is 4.02. The highest BCUT2D eigenvalue weighted by atomic mass is 35.5. The van der Waals surface area contributed by atoms with Gasteiger partial charge in [-0.25, -0.2) is 0 Å². The molecule has 1 atom stereocenters. The van der Waals surface area contributed by atoms with Crippen molar-refractivity contribution < 1.29 is 4.79 Å². The van der Waals surface area contributed by atoms with Gasteiger partial charge in [0.15, 0.2) is 0 Å². The lowest BCUT2D eigenvalue weighted by molar-refractivity contribution is -0.117. The van der Waals surface area contributed by atoms with Crippen LogP contribution in [0, 0.1) is 0 Å². The summed E-state index contributed by atoms with van der Waals surface area (Å²) in [4.78, 5) is 16.7. The van der Waals surface area contributed by atoms with Crippen LogP contribution in [0.25, 0.3) is 11.1 Å². The average Bonchev–Trinajstić information content (AvgIpc) is 3.09. The van der Waals surface area contributed by atoms with E-state index < -0.39 is 0 Å². The molecule has 0 aromatic heterocycles. The van der Waals surface area contributed by atoms with Gasteiger partial charge >= 0.3 is 0 Å². The van der Waals surface area contributed by atoms with Gasteiger partial charge in [-0.1, -0.05) is 72.3 Å². The lowest BCUT2D eigenvalue weighted by Gasteiger charge is -2.17. The molecule has 0 saturated heterocycles. The van der Waals surface area contributed by atoms with Gasteiger partial charge in [0.05, 0.1) is 5.69 Å². The standard InChI is InChI=1S/C25H22ClNO/c1-17(28)13-22(15-24-14-21-11-12-23(26)16-25(21)27-24)20-9-7-19(8-10-20)18-5-3-2-4-6-18/h2-12,16,22H,13-15H2,1H3. The van der Waals surface area contributed by atoms with Crippen LogP contribution in [0.15, 0.2) is 77.8 Å². The molecule has 1 aliphatic heterocycles. The third-order valence-corrected chi connectivity index (χ3v) is 5.46. The predicted octanol–water partition coefficient (Wildman–Crippen LogP) is 6.79. The first-order valence-electron chi connectivity index (χ1n) is 9.58. The Kier molecular flexibility index (Phi) is 5.40. The SMILES string of the molecule is CC(=O)CC(CC1=Nc2cc(Cl)ccc2C1)c1ccc(-c2ccccc2)cc1. The predicted molar refractivity (Wildman–Crippen MR) is 117 cm³/mol. The molecule has 0 N–H and O–H groups in total. The van der Waals surface area contributed by atoms with E-state index in [0.717, 1.165) is 24.2 Å². The van der Waals surface area contributed by atoms with Crippen molar-refractivity contribution in [3.05, 3.63) is 88.9 Å². The second-order valence-electron chi connectivity index (χ2n) is 7.42. The Morgan fingerprint density at radius 1 is 1.00 bits per heavy atom. The number of carbonyl (C=O) groups excluding carboxylic acids is 1. The Morgan fingerprint density at radius 3 is 2.43 bits per heavy atom. The molecule has 1 aliphatic rings. The number of ketones is 1. The van der Waals surface area contributed by atoms with Crippen LogP contribution >= 0.6 is 11.6 Å². The Labute approximate surface area is 170 Å². The summed E-state index contributed by atoms with van der Waals surface area (Å²) in [7, 11) is 0. The lowest BCUT2D eigenvalue weighted by Crippen LogP contribution is -2.11. The molecule has 3 heteroatoms. The quantitative estimate of drug-likeness (QED) is 0.457. The van der Waals surface area contributed by atoms with E-state index in [-0.39, 0.29) is 11.7 Å². The first-order valence-corrected chi connectivity index (χ1v) is 9.96. The van der Waals surface area contributed by atoms with Gasteiger partial charge < -0.3 is 4.79 Å². The summed E-state index contributed by atoms with van der Waals surface area (Å²) in [6, 6.07) is 24.8. The molecular weight excluding hydrogens is 366 g/mol. The molecule has 1 unspecified atom stereocenters. The number of halogens is 1. The molecule has 0 radical (unpaired) electrons. The van der Waals surface area contributed by atoms with E-state index in [2.05, 4.69) is 36.4 Å². The van der Waals surface area contributed by atoms with Crippen molar-refractivity contribution in [3.63, 3.8) is 0 Å². The van der Waals surface area contributed by atoms with E-state index in [1.807, 2.05) is 36.4 Å². The second-order valence-corrected chi connectivity index (χ2v) is 7.86. The van der Waals surface area contributed by atoms with Crippen LogP contribution in [0.1, 0.15) is 36.8 Å². The van der Waals surface area contributed by atoms with Crippen LogP contribution in [-0.2, 0) is 11.2 Å². The van der Waals surface area contributed by atoms with Crippen molar-refractivity contribution in [2.24, 2.45) is 4.99 Å². The minimum atomic E-state index is 0.144. The summed E-state index contributed by atoms with van der Waals surface area (Å²) in [6.45, 7) is 1.66. The van der Waals surface area contributed by atoms with E-state index in [4.69, 9.17) is 16.6 Å². The molecule has 0 amide bonds. The largest absolute Gasteiger partial charge is 0.300 e. The van der Waals surface area contributed by atoms with Crippen LogP contribution in [0.4, 0.5) is 5.69 Å². The van der Waals surface area contributed by atoms with Crippen LogP contribution < -0.4 is 0 Å². The summed E-state index contributed by atoms with van der Waals surface area (Å²) in [6.07, 6.45) is 2.15. The van der Waals surface area contributed by atoms with Gasteiger partial charge in [0.2, 0.25) is 0 Å². The first kappa shape index (κ1) is 18.6. The van der Waals surface area contributed by atoms with Crippen molar-refractivity contribution in [3.8, 4) is 11.1 Å². The molecule has 1 heterocycles. The van der Waals surface area contributed by atoms with Crippen molar-refractivity contribution >= 4 is 28.8 Å². The maximum atomic E-state index is 11.9. The first-order chi connectivity index (χ1) is 13.6. The zero-order valence-electron chi connectivity index (χ0n) is 15.9. The number of nitrogens with zero attached hydrogens (tertiary/aromatic N) is 1. The van der Waals surface area contributed by atoms with E-state index >= 15 is 0 Å². The number of aliphatic imine (C=N–C) groups is 1. The van der Waals surface area contributed by atoms with Gasteiger partial charge in [0, 0.05) is 23.6 Å². The molecule has 28 heavy (non-hydrogen) atoms. The highest BCUT2D eigenvalue weighted by Crippen LogP contribution is 2.34. The summed E-state index contributed by atoms with van der Waals surface area (Å²) < 4.78 is 0. The molecule has 0 spiro atoms. The van der Waals surface area contributed by atoms with Crippen LogP contribution in [-0.4, -0.2) is 11.5 Å². The zero-order valence-corrected chi connectivity index (χ0v) is 16.6. The molecule has 0 bridgehead atoms. The smallest absolute Gasteiger partial charge is 0.130 e. The molecular formula is C25H22ClNO. The van der Waals surface area contributed by atoms with Gasteiger partial charge in [0.25, 0.3) is 0 Å². The summed E-state index contributed by atoms with van der Waals surface area (Å²) in [5, 5.41) is 0.709. The van der Waals surface area contributed by atoms with Gasteiger partial charge in [-0.2, -0.15) is 0 Å². The van der Waals surface area contributed by atoms with Crippen LogP contribution in [0.2, 0.25) is 5.02 Å². The van der Waals surface area contributed by atoms with E-state index in [9.17, 15) is 4.79 Å². The minimum absolute atomic E-state index is 0.144. The highest BCUT2D eigenvalue weighted by molar-refractivity contribution is 6.31. The molecule has 3 aromatic carbocycles. The number of Topliss-reactive ketones (excluding diaryl/α,β-unsaturated/α-hetero) is 1. The van der Waals surface area contributed by atoms with Crippen LogP contribution in [0.5, 0.6) is 0 Å². The molecule has 140 valence electrons. The van der Waals surface area contributed by atoms with Crippen LogP contribution in [0.3, 0.4) is 0 Å². The third-order valence-electron chi connectivity index (χ3n) is 5.23. The van der Waals surface area contributed by atoms with Crippen molar-refractivity contribution in [2.45, 2.75) is 32.1 Å². The maximum absolute atomic E-state index is 11.9. The Hall–Kier alpha value is -2.71. The van der Waals surface area contributed by atoms with Gasteiger partial charge in [0.1, 0.15) is 5.78 Å². The molecule has 0 fully saturated rings. The average molecular weight is 388 g/mol. The normalized spacial score (nSPS) is 13.7. The molecule has 0 saturated carbocycles. The second kappa shape index (κ2) is 8.12. The fourth-order valence-electron chi connectivity index (χ4n) is 3.86. The number of rotatable bonds is 6. The molecule has 0 aliphatic carbocycles. The number of benzene rings is 3. The van der Waals surface area contributed by atoms with E-state index in [0.29, 0.717) is 11.4 Å².